The van der Waals surface area contributed by atoms with E-state index in [1.54, 1.807) is 0 Å². The lowest BCUT2D eigenvalue weighted by atomic mass is 10.1. The second kappa shape index (κ2) is 7.59. The number of hydrogen-bond donors (Lipinski definition) is 2. The molecule has 0 bridgehead atoms. The summed E-state index contributed by atoms with van der Waals surface area (Å²) >= 11 is 0. The Bertz CT molecular complexity index is 617. The average Bonchev–Trinajstić information content (AvgIpc) is 3.29. The molecule has 1 aliphatic carbocycles. The molecule has 0 unspecified atom stereocenters. The Hall–Kier alpha value is -1.37. The van der Waals surface area contributed by atoms with Gasteiger partial charge < -0.3 is 10.6 Å². The van der Waals surface area contributed by atoms with Gasteiger partial charge in [0.15, 0.2) is 5.96 Å². The fraction of sp³-hybridized carbons (Fsp3) is 0.375. The van der Waals surface area contributed by atoms with Crippen LogP contribution in [0.4, 0.5) is 0 Å². The van der Waals surface area contributed by atoms with Crippen molar-refractivity contribution in [3.8, 4) is 0 Å². The third-order valence-electron chi connectivity index (χ3n) is 3.41. The van der Waals surface area contributed by atoms with E-state index in [1.807, 2.05) is 24.4 Å². The number of fused-ring (bicyclic) bond motifs is 1. The number of aromatic nitrogens is 1. The van der Waals surface area contributed by atoms with Crippen molar-refractivity contribution in [2.24, 2.45) is 4.99 Å². The van der Waals surface area contributed by atoms with Crippen LogP contribution >= 0.6 is 24.0 Å². The minimum absolute atomic E-state index is 0. The van der Waals surface area contributed by atoms with Crippen molar-refractivity contribution in [1.82, 2.24) is 15.6 Å². The van der Waals surface area contributed by atoms with Gasteiger partial charge in [0.1, 0.15) is 0 Å². The first kappa shape index (κ1) is 16.0. The van der Waals surface area contributed by atoms with Gasteiger partial charge in [-0.15, -0.1) is 24.0 Å². The number of guanidine groups is 1. The summed E-state index contributed by atoms with van der Waals surface area (Å²) in [6.45, 7) is 3.56. The van der Waals surface area contributed by atoms with E-state index < -0.39 is 0 Å². The van der Waals surface area contributed by atoms with Crippen LogP contribution in [-0.2, 0) is 6.54 Å². The van der Waals surface area contributed by atoms with E-state index in [4.69, 9.17) is 0 Å². The molecule has 2 aromatic rings. The molecular formula is C16H21IN4. The lowest BCUT2D eigenvalue weighted by molar-refractivity contribution is 0.809. The predicted octanol–water partition coefficient (Wildman–Crippen LogP) is 3.07. The van der Waals surface area contributed by atoms with Crippen LogP contribution in [-0.4, -0.2) is 23.5 Å². The maximum atomic E-state index is 4.65. The summed E-state index contributed by atoms with van der Waals surface area (Å²) in [5.41, 5.74) is 1.02. The highest BCUT2D eigenvalue weighted by atomic mass is 127. The molecule has 3 rings (SSSR count). The fourth-order valence-electron chi connectivity index (χ4n) is 2.20. The van der Waals surface area contributed by atoms with Crippen LogP contribution in [0.5, 0.6) is 0 Å². The van der Waals surface area contributed by atoms with E-state index in [0.717, 1.165) is 18.2 Å². The maximum Gasteiger partial charge on any atom is 0.191 e. The molecule has 0 radical (unpaired) electrons. The lowest BCUT2D eigenvalue weighted by Gasteiger charge is -2.10. The number of aliphatic imine (C=N–C) groups is 1. The molecule has 0 amide bonds. The molecular weight excluding hydrogens is 375 g/mol. The van der Waals surface area contributed by atoms with Crippen LogP contribution in [0.1, 0.15) is 25.5 Å². The van der Waals surface area contributed by atoms with Gasteiger partial charge in [-0.2, -0.15) is 0 Å². The first-order chi connectivity index (χ1) is 9.86. The Balaban J connectivity index is 0.00000161. The molecule has 1 aromatic heterocycles. The molecule has 1 fully saturated rings. The van der Waals surface area contributed by atoms with Gasteiger partial charge in [-0.3, -0.25) is 4.98 Å². The number of nitrogens with zero attached hydrogens (tertiary/aromatic N) is 2. The molecule has 0 saturated heterocycles. The largest absolute Gasteiger partial charge is 0.357 e. The van der Waals surface area contributed by atoms with Crippen molar-refractivity contribution < 1.29 is 0 Å². The van der Waals surface area contributed by atoms with Crippen molar-refractivity contribution in [3.63, 3.8) is 0 Å². The molecule has 1 heterocycles. The molecule has 4 nitrogen and oxygen atoms in total. The predicted molar refractivity (Wildman–Crippen MR) is 98.1 cm³/mol. The summed E-state index contributed by atoms with van der Waals surface area (Å²) in [5, 5.41) is 9.10. The molecule has 0 aliphatic heterocycles. The standard InChI is InChI=1S/C16H20N4.HI/c1-2-17-16(20-13-7-8-13)19-11-15-14-6-4-3-5-12(14)9-10-18-15;/h3-6,9-10,13H,2,7-8,11H2,1H3,(H2,17,19,20);1H. The SMILES string of the molecule is CCNC(=NCc1nccc2ccccc12)NC1CC1.I. The van der Waals surface area contributed by atoms with Gasteiger partial charge >= 0.3 is 0 Å². The summed E-state index contributed by atoms with van der Waals surface area (Å²) < 4.78 is 0. The van der Waals surface area contributed by atoms with Crippen LogP contribution in [0, 0.1) is 0 Å². The molecule has 2 N–H and O–H groups in total. The zero-order chi connectivity index (χ0) is 13.8. The Morgan fingerprint density at radius 3 is 2.86 bits per heavy atom. The van der Waals surface area contributed by atoms with Crippen LogP contribution in [0.3, 0.4) is 0 Å². The van der Waals surface area contributed by atoms with Crippen LogP contribution < -0.4 is 10.6 Å². The maximum absolute atomic E-state index is 4.65. The zero-order valence-corrected chi connectivity index (χ0v) is 14.5. The Morgan fingerprint density at radius 2 is 2.10 bits per heavy atom. The second-order valence-corrected chi connectivity index (χ2v) is 5.09. The Labute approximate surface area is 142 Å². The number of pyridine rings is 1. The van der Waals surface area contributed by atoms with Crippen LogP contribution in [0.15, 0.2) is 41.5 Å². The van der Waals surface area contributed by atoms with Gasteiger partial charge in [0.25, 0.3) is 0 Å². The van der Waals surface area contributed by atoms with E-state index in [9.17, 15) is 0 Å². The van der Waals surface area contributed by atoms with Crippen molar-refractivity contribution >= 4 is 40.7 Å². The number of rotatable bonds is 4. The van der Waals surface area contributed by atoms with Crippen molar-refractivity contribution in [3.05, 3.63) is 42.2 Å². The minimum atomic E-state index is 0. The topological polar surface area (TPSA) is 49.3 Å². The minimum Gasteiger partial charge on any atom is -0.357 e. The molecule has 21 heavy (non-hydrogen) atoms. The van der Waals surface area contributed by atoms with Crippen molar-refractivity contribution in [2.75, 3.05) is 6.54 Å². The monoisotopic (exact) mass is 396 g/mol. The fourth-order valence-corrected chi connectivity index (χ4v) is 2.20. The Kier molecular flexibility index (Phi) is 5.78. The van der Waals surface area contributed by atoms with E-state index in [1.165, 1.54) is 23.6 Å². The molecule has 5 heteroatoms. The summed E-state index contributed by atoms with van der Waals surface area (Å²) in [5.74, 6) is 0.893. The van der Waals surface area contributed by atoms with Crippen molar-refractivity contribution in [1.29, 1.82) is 0 Å². The molecule has 0 spiro atoms. The summed E-state index contributed by atoms with van der Waals surface area (Å²) in [7, 11) is 0. The zero-order valence-electron chi connectivity index (χ0n) is 12.2. The Morgan fingerprint density at radius 1 is 1.29 bits per heavy atom. The third kappa shape index (κ3) is 4.30. The van der Waals surface area contributed by atoms with Gasteiger partial charge in [0.05, 0.1) is 12.2 Å². The van der Waals surface area contributed by atoms with Gasteiger partial charge in [-0.1, -0.05) is 24.3 Å². The third-order valence-corrected chi connectivity index (χ3v) is 3.41. The smallest absolute Gasteiger partial charge is 0.191 e. The first-order valence-electron chi connectivity index (χ1n) is 7.24. The molecule has 1 saturated carbocycles. The lowest BCUT2D eigenvalue weighted by Crippen LogP contribution is -2.38. The summed E-state index contributed by atoms with van der Waals surface area (Å²) in [6, 6.07) is 11.0. The van der Waals surface area contributed by atoms with E-state index >= 15 is 0 Å². The summed E-state index contributed by atoms with van der Waals surface area (Å²) in [6.07, 6.45) is 4.35. The number of halogens is 1. The molecule has 1 aliphatic rings. The highest BCUT2D eigenvalue weighted by Gasteiger charge is 2.22. The molecule has 0 atom stereocenters. The van der Waals surface area contributed by atoms with Gasteiger partial charge in [0, 0.05) is 24.2 Å². The molecule has 112 valence electrons. The van der Waals surface area contributed by atoms with E-state index in [2.05, 4.69) is 39.7 Å². The van der Waals surface area contributed by atoms with E-state index in [0.29, 0.717) is 12.6 Å². The average molecular weight is 396 g/mol. The summed E-state index contributed by atoms with van der Waals surface area (Å²) in [4.78, 5) is 9.12. The highest BCUT2D eigenvalue weighted by Crippen LogP contribution is 2.19. The van der Waals surface area contributed by atoms with E-state index in [-0.39, 0.29) is 24.0 Å². The number of nitrogens with one attached hydrogen (secondary N) is 2. The number of benzene rings is 1. The van der Waals surface area contributed by atoms with Crippen molar-refractivity contribution in [2.45, 2.75) is 32.4 Å². The number of hydrogen-bond acceptors (Lipinski definition) is 2. The van der Waals surface area contributed by atoms with Crippen LogP contribution in [0.2, 0.25) is 0 Å². The van der Waals surface area contributed by atoms with Gasteiger partial charge in [-0.05, 0) is 31.2 Å². The van der Waals surface area contributed by atoms with Crippen LogP contribution in [0.25, 0.3) is 10.8 Å². The first-order valence-corrected chi connectivity index (χ1v) is 7.24. The van der Waals surface area contributed by atoms with Gasteiger partial charge in [-0.25, -0.2) is 4.99 Å². The highest BCUT2D eigenvalue weighted by molar-refractivity contribution is 14.0. The molecule has 1 aromatic carbocycles. The quantitative estimate of drug-likeness (QED) is 0.475. The van der Waals surface area contributed by atoms with Gasteiger partial charge in [0.2, 0.25) is 0 Å². The second-order valence-electron chi connectivity index (χ2n) is 5.09. The normalized spacial score (nSPS) is 14.6.